The van der Waals surface area contributed by atoms with Crippen molar-refractivity contribution in [3.8, 4) is 17.5 Å². The molecule has 0 radical (unpaired) electrons. The third kappa shape index (κ3) is 3.00. The molecule has 0 spiro atoms. The minimum atomic E-state index is -0.767. The zero-order chi connectivity index (χ0) is 14.7. The van der Waals surface area contributed by atoms with Gasteiger partial charge in [-0.2, -0.15) is 0 Å². The summed E-state index contributed by atoms with van der Waals surface area (Å²) in [6, 6.07) is 6.12. The lowest BCUT2D eigenvalue weighted by atomic mass is 10.1. The summed E-state index contributed by atoms with van der Waals surface area (Å²) in [6.07, 6.45) is 0.111. The summed E-state index contributed by atoms with van der Waals surface area (Å²) in [5.74, 6) is -2.76. The van der Waals surface area contributed by atoms with Gasteiger partial charge >= 0.3 is 5.97 Å². The first kappa shape index (κ1) is 13.7. The van der Waals surface area contributed by atoms with Gasteiger partial charge in [-0.1, -0.05) is 6.07 Å². The van der Waals surface area contributed by atoms with Crippen molar-refractivity contribution < 1.29 is 29.3 Å². The Kier molecular flexibility index (Phi) is 3.79. The average Bonchev–Trinajstić information content (AvgIpc) is 2.72. The second-order valence-electron chi connectivity index (χ2n) is 4.09. The molecule has 1 aromatic heterocycles. The quantitative estimate of drug-likeness (QED) is 0.786. The summed E-state index contributed by atoms with van der Waals surface area (Å²) < 4.78 is 13.7. The van der Waals surface area contributed by atoms with Gasteiger partial charge in [-0.25, -0.2) is 9.18 Å². The van der Waals surface area contributed by atoms with Crippen molar-refractivity contribution in [2.24, 2.45) is 0 Å². The SMILES string of the molecule is O=C(CCc1ccc(O)c(F)c1)On1c(O)ccc1O. The van der Waals surface area contributed by atoms with Gasteiger partial charge in [-0.3, -0.25) is 0 Å². The number of benzene rings is 1. The van der Waals surface area contributed by atoms with Crippen LogP contribution in [0.2, 0.25) is 0 Å². The van der Waals surface area contributed by atoms with Gasteiger partial charge in [0.05, 0.1) is 6.42 Å². The molecule has 0 unspecified atom stereocenters. The highest BCUT2D eigenvalue weighted by atomic mass is 19.1. The van der Waals surface area contributed by atoms with E-state index in [1.807, 2.05) is 0 Å². The van der Waals surface area contributed by atoms with Crippen LogP contribution >= 0.6 is 0 Å². The molecule has 0 aliphatic heterocycles. The fourth-order valence-electron chi connectivity index (χ4n) is 1.60. The topological polar surface area (TPSA) is 91.9 Å². The van der Waals surface area contributed by atoms with E-state index < -0.39 is 29.3 Å². The van der Waals surface area contributed by atoms with Gasteiger partial charge in [-0.15, -0.1) is 4.73 Å². The van der Waals surface area contributed by atoms with Gasteiger partial charge in [0.1, 0.15) is 0 Å². The first-order valence-corrected chi connectivity index (χ1v) is 5.75. The standard InChI is InChI=1S/C13H12FNO5/c14-9-7-8(1-3-10(9)16)2-6-13(19)20-15-11(17)4-5-12(15)18/h1,3-5,7,16-18H,2,6H2. The van der Waals surface area contributed by atoms with Crippen LogP contribution in [0.3, 0.4) is 0 Å². The molecule has 0 saturated heterocycles. The molecule has 1 aromatic carbocycles. The zero-order valence-electron chi connectivity index (χ0n) is 10.3. The third-order valence-corrected chi connectivity index (χ3v) is 2.62. The van der Waals surface area contributed by atoms with E-state index in [9.17, 15) is 19.4 Å². The lowest BCUT2D eigenvalue weighted by Gasteiger charge is -2.07. The van der Waals surface area contributed by atoms with Gasteiger partial charge in [0, 0.05) is 12.1 Å². The number of carbonyl (C=O) groups excluding carboxylic acids is 1. The molecule has 2 aromatic rings. The molecule has 0 saturated carbocycles. The first-order chi connectivity index (χ1) is 9.47. The second kappa shape index (κ2) is 5.52. The molecule has 20 heavy (non-hydrogen) atoms. The van der Waals surface area contributed by atoms with E-state index in [4.69, 9.17) is 9.94 Å². The Morgan fingerprint density at radius 3 is 2.40 bits per heavy atom. The predicted octanol–water partition coefficient (Wildman–Crippen LogP) is 1.33. The molecule has 0 bridgehead atoms. The number of phenols is 1. The summed E-state index contributed by atoms with van der Waals surface area (Å²) in [6.45, 7) is 0. The number of aryl methyl sites for hydroxylation is 1. The van der Waals surface area contributed by atoms with E-state index in [0.29, 0.717) is 10.3 Å². The number of aromatic nitrogens is 1. The Balaban J connectivity index is 1.94. The highest BCUT2D eigenvalue weighted by Crippen LogP contribution is 2.19. The maximum atomic E-state index is 13.1. The highest BCUT2D eigenvalue weighted by molar-refractivity contribution is 5.70. The maximum Gasteiger partial charge on any atom is 0.333 e. The minimum Gasteiger partial charge on any atom is -0.505 e. The summed E-state index contributed by atoms with van der Waals surface area (Å²) in [7, 11) is 0. The van der Waals surface area contributed by atoms with E-state index in [1.54, 1.807) is 0 Å². The highest BCUT2D eigenvalue weighted by Gasteiger charge is 2.12. The number of nitrogens with zero attached hydrogens (tertiary/aromatic N) is 1. The Morgan fingerprint density at radius 2 is 1.80 bits per heavy atom. The number of carbonyl (C=O) groups is 1. The number of halogens is 1. The van der Waals surface area contributed by atoms with Gasteiger partial charge in [0.25, 0.3) is 0 Å². The van der Waals surface area contributed by atoms with Crippen LogP contribution in [0.15, 0.2) is 30.3 Å². The normalized spacial score (nSPS) is 10.4. The van der Waals surface area contributed by atoms with Gasteiger partial charge in [0.15, 0.2) is 11.6 Å². The van der Waals surface area contributed by atoms with Crippen molar-refractivity contribution in [1.29, 1.82) is 0 Å². The molecule has 7 heteroatoms. The number of rotatable bonds is 4. The maximum absolute atomic E-state index is 13.1. The molecule has 6 nitrogen and oxygen atoms in total. The van der Waals surface area contributed by atoms with Crippen molar-refractivity contribution in [1.82, 2.24) is 4.73 Å². The Hall–Kier alpha value is -2.70. The average molecular weight is 281 g/mol. The predicted molar refractivity (Wildman–Crippen MR) is 65.7 cm³/mol. The van der Waals surface area contributed by atoms with Gasteiger partial charge < -0.3 is 20.2 Å². The summed E-state index contributed by atoms with van der Waals surface area (Å²) in [5.41, 5.74) is 0.512. The monoisotopic (exact) mass is 281 g/mol. The van der Waals surface area contributed by atoms with Crippen LogP contribution < -0.4 is 4.84 Å². The molecule has 0 aliphatic rings. The van der Waals surface area contributed by atoms with E-state index in [-0.39, 0.29) is 12.8 Å². The van der Waals surface area contributed by atoms with E-state index >= 15 is 0 Å². The van der Waals surface area contributed by atoms with Crippen molar-refractivity contribution in [2.75, 3.05) is 0 Å². The Morgan fingerprint density at radius 1 is 1.15 bits per heavy atom. The molecule has 0 atom stereocenters. The lowest BCUT2D eigenvalue weighted by Crippen LogP contribution is -2.19. The zero-order valence-corrected chi connectivity index (χ0v) is 10.3. The molecule has 1 heterocycles. The number of phenolic OH excluding ortho intramolecular Hbond substituents is 1. The smallest absolute Gasteiger partial charge is 0.333 e. The fourth-order valence-corrected chi connectivity index (χ4v) is 1.60. The summed E-state index contributed by atoms with van der Waals surface area (Å²) in [4.78, 5) is 16.3. The molecule has 3 N–H and O–H groups in total. The third-order valence-electron chi connectivity index (χ3n) is 2.62. The molecular formula is C13H12FNO5. The molecular weight excluding hydrogens is 269 g/mol. The largest absolute Gasteiger partial charge is 0.505 e. The second-order valence-corrected chi connectivity index (χ2v) is 4.09. The minimum absolute atomic E-state index is 0.0821. The van der Waals surface area contributed by atoms with Crippen molar-refractivity contribution in [3.05, 3.63) is 41.7 Å². The van der Waals surface area contributed by atoms with Crippen molar-refractivity contribution >= 4 is 5.97 Å². The van der Waals surface area contributed by atoms with Crippen LogP contribution in [-0.2, 0) is 11.2 Å². The van der Waals surface area contributed by atoms with Gasteiger partial charge in [-0.05, 0) is 24.1 Å². The van der Waals surface area contributed by atoms with Gasteiger partial charge in [0.2, 0.25) is 11.8 Å². The molecule has 106 valence electrons. The van der Waals surface area contributed by atoms with Crippen LogP contribution in [-0.4, -0.2) is 26.0 Å². The van der Waals surface area contributed by atoms with Crippen LogP contribution in [0.5, 0.6) is 17.5 Å². The Labute approximate surface area is 113 Å². The van der Waals surface area contributed by atoms with Crippen molar-refractivity contribution in [3.63, 3.8) is 0 Å². The van der Waals surface area contributed by atoms with Crippen LogP contribution in [0.4, 0.5) is 4.39 Å². The van der Waals surface area contributed by atoms with Crippen LogP contribution in [0.25, 0.3) is 0 Å². The molecule has 0 aliphatic carbocycles. The van der Waals surface area contributed by atoms with E-state index in [2.05, 4.69) is 0 Å². The van der Waals surface area contributed by atoms with E-state index in [1.165, 1.54) is 12.1 Å². The van der Waals surface area contributed by atoms with E-state index in [0.717, 1.165) is 18.2 Å². The molecule has 2 rings (SSSR count). The molecule has 0 fully saturated rings. The van der Waals surface area contributed by atoms with Crippen LogP contribution in [0.1, 0.15) is 12.0 Å². The number of hydrogen-bond acceptors (Lipinski definition) is 5. The molecule has 0 amide bonds. The van der Waals surface area contributed by atoms with Crippen molar-refractivity contribution in [2.45, 2.75) is 12.8 Å². The Bertz CT molecular complexity index is 618. The lowest BCUT2D eigenvalue weighted by molar-refractivity contribution is -0.145. The number of hydrogen-bond donors (Lipinski definition) is 3. The van der Waals surface area contributed by atoms with Crippen LogP contribution in [0, 0.1) is 5.82 Å². The fraction of sp³-hybridized carbons (Fsp3) is 0.154. The number of aromatic hydroxyl groups is 3. The summed E-state index contributed by atoms with van der Waals surface area (Å²) >= 11 is 0. The first-order valence-electron chi connectivity index (χ1n) is 5.75. The summed E-state index contributed by atoms with van der Waals surface area (Å²) in [5, 5.41) is 27.6.